The lowest BCUT2D eigenvalue weighted by Gasteiger charge is -2.07. The average Bonchev–Trinajstić information content (AvgIpc) is 2.38. The molecular formula is C11H15F2NO4S. The molecule has 19 heavy (non-hydrogen) atoms. The van der Waals surface area contributed by atoms with Crippen molar-refractivity contribution >= 4 is 10.0 Å². The molecule has 0 fully saturated rings. The van der Waals surface area contributed by atoms with E-state index in [1.54, 1.807) is 0 Å². The Bertz CT molecular complexity index is 476. The molecule has 0 spiro atoms. The molecule has 0 unspecified atom stereocenters. The summed E-state index contributed by atoms with van der Waals surface area (Å²) in [6.07, 6.45) is -2.63. The van der Waals surface area contributed by atoms with E-state index in [1.165, 1.54) is 0 Å². The minimum atomic E-state index is -3.73. The molecule has 0 atom stereocenters. The first-order valence-corrected chi connectivity index (χ1v) is 7.02. The molecule has 5 nitrogen and oxygen atoms in total. The number of alkyl halides is 2. The molecule has 0 aromatic heterocycles. The van der Waals surface area contributed by atoms with Gasteiger partial charge in [0.1, 0.15) is 0 Å². The zero-order chi connectivity index (χ0) is 14.3. The van der Waals surface area contributed by atoms with Gasteiger partial charge in [-0.05, 0) is 12.1 Å². The van der Waals surface area contributed by atoms with E-state index in [0.29, 0.717) is 0 Å². The lowest BCUT2D eigenvalue weighted by atomic mass is 10.2. The zero-order valence-corrected chi connectivity index (χ0v) is 10.9. The van der Waals surface area contributed by atoms with Crippen molar-refractivity contribution < 1.29 is 27.0 Å². The predicted molar refractivity (Wildman–Crippen MR) is 64.5 cm³/mol. The molecule has 108 valence electrons. The Kier molecular flexibility index (Phi) is 6.29. The molecule has 0 amide bonds. The molecule has 0 heterocycles. The van der Waals surface area contributed by atoms with E-state index in [4.69, 9.17) is 9.84 Å². The molecule has 2 N–H and O–H groups in total. The molecule has 0 aliphatic heterocycles. The second-order valence-corrected chi connectivity index (χ2v) is 5.37. The van der Waals surface area contributed by atoms with Crippen LogP contribution in [0.5, 0.6) is 0 Å². The second kappa shape index (κ2) is 7.49. The van der Waals surface area contributed by atoms with Gasteiger partial charge in [-0.25, -0.2) is 21.9 Å². The maximum absolute atomic E-state index is 12.3. The SMILES string of the molecule is O=S(=O)(NCCOCCO)c1ccc(C(F)F)cc1. The third kappa shape index (κ3) is 5.19. The van der Waals surface area contributed by atoms with Crippen LogP contribution >= 0.6 is 0 Å². The minimum absolute atomic E-state index is 0.0406. The Balaban J connectivity index is 2.57. The summed E-state index contributed by atoms with van der Waals surface area (Å²) in [5.74, 6) is 0. The number of hydrogen-bond acceptors (Lipinski definition) is 4. The van der Waals surface area contributed by atoms with Crippen LogP contribution < -0.4 is 4.72 Å². The summed E-state index contributed by atoms with van der Waals surface area (Å²) in [6.45, 7) is 0.153. The molecule has 0 radical (unpaired) electrons. The summed E-state index contributed by atoms with van der Waals surface area (Å²) in [4.78, 5) is -0.0842. The van der Waals surface area contributed by atoms with E-state index in [-0.39, 0.29) is 36.8 Å². The highest BCUT2D eigenvalue weighted by molar-refractivity contribution is 7.89. The Hall–Kier alpha value is -1.09. The van der Waals surface area contributed by atoms with Crippen molar-refractivity contribution in [3.8, 4) is 0 Å². The summed E-state index contributed by atoms with van der Waals surface area (Å²) >= 11 is 0. The maximum atomic E-state index is 12.3. The lowest BCUT2D eigenvalue weighted by molar-refractivity contribution is 0.0961. The Morgan fingerprint density at radius 2 is 1.84 bits per heavy atom. The first-order valence-electron chi connectivity index (χ1n) is 5.54. The quantitative estimate of drug-likeness (QED) is 0.699. The van der Waals surface area contributed by atoms with E-state index in [2.05, 4.69) is 4.72 Å². The van der Waals surface area contributed by atoms with E-state index in [0.717, 1.165) is 24.3 Å². The van der Waals surface area contributed by atoms with Gasteiger partial charge in [-0.2, -0.15) is 0 Å². The summed E-state index contributed by atoms with van der Waals surface area (Å²) in [6, 6.07) is 4.39. The maximum Gasteiger partial charge on any atom is 0.263 e. The second-order valence-electron chi connectivity index (χ2n) is 3.60. The normalized spacial score (nSPS) is 12.0. The molecular weight excluding hydrogens is 280 g/mol. The van der Waals surface area contributed by atoms with Gasteiger partial charge in [0, 0.05) is 12.1 Å². The Morgan fingerprint density at radius 1 is 1.21 bits per heavy atom. The fraction of sp³-hybridized carbons (Fsp3) is 0.455. The summed E-state index contributed by atoms with van der Waals surface area (Å²) < 4.78 is 55.3. The molecule has 0 saturated heterocycles. The highest BCUT2D eigenvalue weighted by atomic mass is 32.2. The largest absolute Gasteiger partial charge is 0.394 e. The number of halogens is 2. The number of aliphatic hydroxyl groups excluding tert-OH is 1. The van der Waals surface area contributed by atoms with Crippen molar-refractivity contribution in [1.29, 1.82) is 0 Å². The van der Waals surface area contributed by atoms with E-state index >= 15 is 0 Å². The Morgan fingerprint density at radius 3 is 2.37 bits per heavy atom. The van der Waals surface area contributed by atoms with Gasteiger partial charge in [0.2, 0.25) is 10.0 Å². The molecule has 0 saturated carbocycles. The molecule has 0 bridgehead atoms. The first kappa shape index (κ1) is 16.0. The van der Waals surface area contributed by atoms with Gasteiger partial charge < -0.3 is 9.84 Å². The van der Waals surface area contributed by atoms with E-state index in [1.807, 2.05) is 0 Å². The van der Waals surface area contributed by atoms with Crippen LogP contribution in [0.25, 0.3) is 0 Å². The summed E-state index contributed by atoms with van der Waals surface area (Å²) in [7, 11) is -3.73. The van der Waals surface area contributed by atoms with Crippen molar-refractivity contribution in [3.63, 3.8) is 0 Å². The third-order valence-corrected chi connectivity index (χ3v) is 3.69. The molecule has 1 aromatic carbocycles. The number of rotatable bonds is 8. The minimum Gasteiger partial charge on any atom is -0.394 e. The molecule has 8 heteroatoms. The first-order chi connectivity index (χ1) is 8.97. The van der Waals surface area contributed by atoms with Gasteiger partial charge in [0.25, 0.3) is 6.43 Å². The fourth-order valence-electron chi connectivity index (χ4n) is 1.29. The van der Waals surface area contributed by atoms with Crippen molar-refractivity contribution in [1.82, 2.24) is 4.72 Å². The van der Waals surface area contributed by atoms with Crippen LogP contribution in [0.2, 0.25) is 0 Å². The van der Waals surface area contributed by atoms with Crippen LogP contribution in [0, 0.1) is 0 Å². The number of benzene rings is 1. The monoisotopic (exact) mass is 295 g/mol. The van der Waals surface area contributed by atoms with Gasteiger partial charge in [0.05, 0.1) is 24.7 Å². The topological polar surface area (TPSA) is 75.6 Å². The smallest absolute Gasteiger partial charge is 0.263 e. The fourth-order valence-corrected chi connectivity index (χ4v) is 2.30. The van der Waals surface area contributed by atoms with Crippen molar-refractivity contribution in [2.24, 2.45) is 0 Å². The summed E-state index contributed by atoms with van der Waals surface area (Å²) in [5.41, 5.74) is -0.231. The standard InChI is InChI=1S/C11H15F2NO4S/c12-11(13)9-1-3-10(4-2-9)19(16,17)14-5-7-18-8-6-15/h1-4,11,14-15H,5-8H2. The van der Waals surface area contributed by atoms with Crippen molar-refractivity contribution in [3.05, 3.63) is 29.8 Å². The Labute approximate surface area is 110 Å². The van der Waals surface area contributed by atoms with Crippen LogP contribution in [0.4, 0.5) is 8.78 Å². The zero-order valence-electron chi connectivity index (χ0n) is 10.1. The van der Waals surface area contributed by atoms with Crippen molar-refractivity contribution in [2.75, 3.05) is 26.4 Å². The average molecular weight is 295 g/mol. The van der Waals surface area contributed by atoms with E-state index < -0.39 is 16.4 Å². The predicted octanol–water partition coefficient (Wildman–Crippen LogP) is 0.911. The van der Waals surface area contributed by atoms with Gasteiger partial charge in [0.15, 0.2) is 0 Å². The molecule has 0 aliphatic rings. The highest BCUT2D eigenvalue weighted by Crippen LogP contribution is 2.20. The van der Waals surface area contributed by atoms with Gasteiger partial charge in [-0.1, -0.05) is 12.1 Å². The molecule has 1 rings (SSSR count). The van der Waals surface area contributed by atoms with Gasteiger partial charge >= 0.3 is 0 Å². The van der Waals surface area contributed by atoms with Crippen LogP contribution in [-0.2, 0) is 14.8 Å². The molecule has 1 aromatic rings. The number of nitrogens with one attached hydrogen (secondary N) is 1. The van der Waals surface area contributed by atoms with E-state index in [9.17, 15) is 17.2 Å². The van der Waals surface area contributed by atoms with Crippen LogP contribution in [-0.4, -0.2) is 39.9 Å². The number of hydrogen-bond donors (Lipinski definition) is 2. The van der Waals surface area contributed by atoms with Crippen molar-refractivity contribution in [2.45, 2.75) is 11.3 Å². The molecule has 0 aliphatic carbocycles. The van der Waals surface area contributed by atoms with Crippen LogP contribution in [0.15, 0.2) is 29.2 Å². The van der Waals surface area contributed by atoms with Crippen LogP contribution in [0.1, 0.15) is 12.0 Å². The number of ether oxygens (including phenoxy) is 1. The highest BCUT2D eigenvalue weighted by Gasteiger charge is 2.14. The third-order valence-electron chi connectivity index (χ3n) is 2.22. The van der Waals surface area contributed by atoms with Gasteiger partial charge in [-0.15, -0.1) is 0 Å². The van der Waals surface area contributed by atoms with Gasteiger partial charge in [-0.3, -0.25) is 0 Å². The lowest BCUT2D eigenvalue weighted by Crippen LogP contribution is -2.27. The van der Waals surface area contributed by atoms with Crippen LogP contribution in [0.3, 0.4) is 0 Å². The summed E-state index contributed by atoms with van der Waals surface area (Å²) in [5, 5.41) is 8.45. The number of aliphatic hydroxyl groups is 1. The number of sulfonamides is 1.